The van der Waals surface area contributed by atoms with Crippen LogP contribution in [0.2, 0.25) is 0 Å². The van der Waals surface area contributed by atoms with Crippen LogP contribution in [0.4, 0.5) is 5.82 Å². The van der Waals surface area contributed by atoms with Crippen LogP contribution in [0.5, 0.6) is 0 Å². The summed E-state index contributed by atoms with van der Waals surface area (Å²) in [5.74, 6) is 0.325. The third kappa shape index (κ3) is 2.52. The molecule has 2 N–H and O–H groups in total. The molecule has 0 bridgehead atoms. The van der Waals surface area contributed by atoms with Crippen LogP contribution in [0.15, 0.2) is 30.5 Å². The molecule has 0 saturated carbocycles. The molecule has 0 radical (unpaired) electrons. The minimum absolute atomic E-state index is 0.225. The third-order valence-electron chi connectivity index (χ3n) is 3.75. The minimum Gasteiger partial charge on any atom is -0.462 e. The monoisotopic (exact) mass is 310 g/mol. The van der Waals surface area contributed by atoms with Crippen molar-refractivity contribution in [2.75, 3.05) is 12.3 Å². The molecule has 3 rings (SSSR count). The molecule has 2 aromatic heterocycles. The number of pyridine rings is 1. The molecular formula is C17H18N4O2. The van der Waals surface area contributed by atoms with E-state index in [0.717, 1.165) is 22.0 Å². The van der Waals surface area contributed by atoms with Crippen molar-refractivity contribution in [3.63, 3.8) is 0 Å². The largest absolute Gasteiger partial charge is 0.462 e. The maximum Gasteiger partial charge on any atom is 0.343 e. The normalized spacial score (nSPS) is 10.9. The molecule has 1 aromatic carbocycles. The SMILES string of the molecule is CCOC(=O)c1cnn(-c2cc(C)c3cccc(C)c3n2)c1N. The fourth-order valence-electron chi connectivity index (χ4n) is 2.56. The van der Waals surface area contributed by atoms with Gasteiger partial charge >= 0.3 is 5.97 Å². The first kappa shape index (κ1) is 15.0. The van der Waals surface area contributed by atoms with Crippen LogP contribution in [0.3, 0.4) is 0 Å². The number of hydrogen-bond donors (Lipinski definition) is 1. The van der Waals surface area contributed by atoms with Crippen molar-refractivity contribution in [1.82, 2.24) is 14.8 Å². The molecule has 0 aliphatic rings. The lowest BCUT2D eigenvalue weighted by atomic mass is 10.1. The van der Waals surface area contributed by atoms with E-state index in [1.165, 1.54) is 10.9 Å². The molecule has 2 heterocycles. The Bertz CT molecular complexity index is 899. The average Bonchev–Trinajstić information content (AvgIpc) is 2.90. The Morgan fingerprint density at radius 2 is 2.09 bits per heavy atom. The van der Waals surface area contributed by atoms with Gasteiger partial charge in [-0.05, 0) is 38.0 Å². The molecule has 0 saturated heterocycles. The van der Waals surface area contributed by atoms with Gasteiger partial charge in [-0.25, -0.2) is 9.78 Å². The van der Waals surface area contributed by atoms with Crippen molar-refractivity contribution in [3.8, 4) is 5.82 Å². The molecule has 0 atom stereocenters. The second-order valence-corrected chi connectivity index (χ2v) is 5.34. The maximum atomic E-state index is 11.9. The maximum absolute atomic E-state index is 11.9. The van der Waals surface area contributed by atoms with Crippen LogP contribution in [-0.2, 0) is 4.74 Å². The summed E-state index contributed by atoms with van der Waals surface area (Å²) in [6.45, 7) is 6.06. The molecule has 0 fully saturated rings. The smallest absolute Gasteiger partial charge is 0.343 e. The van der Waals surface area contributed by atoms with Crippen molar-refractivity contribution in [2.24, 2.45) is 0 Å². The number of anilines is 1. The Kier molecular flexibility index (Phi) is 3.73. The fraction of sp³-hybridized carbons (Fsp3) is 0.235. The van der Waals surface area contributed by atoms with Crippen molar-refractivity contribution < 1.29 is 9.53 Å². The van der Waals surface area contributed by atoms with E-state index in [-0.39, 0.29) is 18.0 Å². The molecule has 0 aliphatic carbocycles. The number of carbonyl (C=O) groups excluding carboxylic acids is 1. The summed E-state index contributed by atoms with van der Waals surface area (Å²) >= 11 is 0. The zero-order chi connectivity index (χ0) is 16.6. The third-order valence-corrected chi connectivity index (χ3v) is 3.75. The van der Waals surface area contributed by atoms with Gasteiger partial charge in [-0.1, -0.05) is 18.2 Å². The highest BCUT2D eigenvalue weighted by molar-refractivity contribution is 5.94. The topological polar surface area (TPSA) is 83.0 Å². The molecule has 118 valence electrons. The fourth-order valence-corrected chi connectivity index (χ4v) is 2.56. The Hall–Kier alpha value is -2.89. The molecule has 23 heavy (non-hydrogen) atoms. The average molecular weight is 310 g/mol. The first-order chi connectivity index (χ1) is 11.0. The number of para-hydroxylation sites is 1. The van der Waals surface area contributed by atoms with Gasteiger partial charge in [0.1, 0.15) is 11.4 Å². The van der Waals surface area contributed by atoms with Gasteiger partial charge in [0, 0.05) is 5.39 Å². The number of nitrogens with zero attached hydrogens (tertiary/aromatic N) is 3. The van der Waals surface area contributed by atoms with E-state index in [1.807, 2.05) is 38.1 Å². The van der Waals surface area contributed by atoms with Crippen molar-refractivity contribution in [1.29, 1.82) is 0 Å². The predicted octanol–water partition coefficient (Wildman–Crippen LogP) is 2.80. The number of esters is 1. The van der Waals surface area contributed by atoms with Gasteiger partial charge in [-0.15, -0.1) is 0 Å². The van der Waals surface area contributed by atoms with Crippen LogP contribution in [0.1, 0.15) is 28.4 Å². The lowest BCUT2D eigenvalue weighted by molar-refractivity contribution is 0.0527. The van der Waals surface area contributed by atoms with Crippen LogP contribution < -0.4 is 5.73 Å². The van der Waals surface area contributed by atoms with Gasteiger partial charge in [0.15, 0.2) is 5.82 Å². The lowest BCUT2D eigenvalue weighted by Crippen LogP contribution is -2.10. The van der Waals surface area contributed by atoms with E-state index in [9.17, 15) is 4.79 Å². The number of carbonyl (C=O) groups is 1. The van der Waals surface area contributed by atoms with Gasteiger partial charge in [0.25, 0.3) is 0 Å². The minimum atomic E-state index is -0.482. The van der Waals surface area contributed by atoms with Gasteiger partial charge in [-0.3, -0.25) is 0 Å². The van der Waals surface area contributed by atoms with Crippen molar-refractivity contribution >= 4 is 22.7 Å². The number of aromatic nitrogens is 3. The number of benzene rings is 1. The predicted molar refractivity (Wildman–Crippen MR) is 88.7 cm³/mol. The van der Waals surface area contributed by atoms with Gasteiger partial charge < -0.3 is 10.5 Å². The number of hydrogen-bond acceptors (Lipinski definition) is 5. The number of fused-ring (bicyclic) bond motifs is 1. The van der Waals surface area contributed by atoms with Crippen LogP contribution in [0, 0.1) is 13.8 Å². The second-order valence-electron chi connectivity index (χ2n) is 5.34. The molecule has 6 heteroatoms. The van der Waals surface area contributed by atoms with E-state index in [1.54, 1.807) is 6.92 Å². The highest BCUT2D eigenvalue weighted by atomic mass is 16.5. The molecule has 6 nitrogen and oxygen atoms in total. The van der Waals surface area contributed by atoms with Crippen LogP contribution in [0.25, 0.3) is 16.7 Å². The molecular weight excluding hydrogens is 292 g/mol. The number of aryl methyl sites for hydroxylation is 2. The standard InChI is InChI=1S/C17H18N4O2/c1-4-23-17(22)13-9-19-21(16(13)18)14-8-11(3)12-7-5-6-10(2)15(12)20-14/h5-9H,4,18H2,1-3H3. The van der Waals surface area contributed by atoms with E-state index in [4.69, 9.17) is 10.5 Å². The quantitative estimate of drug-likeness (QED) is 0.752. The highest BCUT2D eigenvalue weighted by Crippen LogP contribution is 2.24. The van der Waals surface area contributed by atoms with Crippen LogP contribution in [-0.4, -0.2) is 27.3 Å². The summed E-state index contributed by atoms with van der Waals surface area (Å²) in [6, 6.07) is 7.95. The Morgan fingerprint density at radius 1 is 1.30 bits per heavy atom. The molecule has 0 unspecified atom stereocenters. The summed E-state index contributed by atoms with van der Waals surface area (Å²) in [5, 5.41) is 5.28. The summed E-state index contributed by atoms with van der Waals surface area (Å²) < 4.78 is 6.44. The first-order valence-electron chi connectivity index (χ1n) is 7.41. The second kappa shape index (κ2) is 5.72. The van der Waals surface area contributed by atoms with Gasteiger partial charge in [-0.2, -0.15) is 9.78 Å². The summed E-state index contributed by atoms with van der Waals surface area (Å²) in [5.41, 5.74) is 9.35. The number of ether oxygens (including phenoxy) is 1. The van der Waals surface area contributed by atoms with E-state index in [2.05, 4.69) is 10.1 Å². The highest BCUT2D eigenvalue weighted by Gasteiger charge is 2.18. The number of nitrogens with two attached hydrogens (primary N) is 1. The van der Waals surface area contributed by atoms with E-state index in [0.29, 0.717) is 5.82 Å². The lowest BCUT2D eigenvalue weighted by Gasteiger charge is -2.09. The number of rotatable bonds is 3. The Balaban J connectivity index is 2.14. The molecule has 0 amide bonds. The Labute approximate surface area is 133 Å². The molecule has 3 aromatic rings. The molecule has 0 spiro atoms. The number of nitrogen functional groups attached to an aromatic ring is 1. The van der Waals surface area contributed by atoms with E-state index >= 15 is 0 Å². The van der Waals surface area contributed by atoms with Crippen molar-refractivity contribution in [2.45, 2.75) is 20.8 Å². The zero-order valence-electron chi connectivity index (χ0n) is 13.3. The summed E-state index contributed by atoms with van der Waals surface area (Å²) in [4.78, 5) is 16.5. The van der Waals surface area contributed by atoms with Gasteiger partial charge in [0.2, 0.25) is 0 Å². The zero-order valence-corrected chi connectivity index (χ0v) is 13.3. The van der Waals surface area contributed by atoms with Gasteiger partial charge in [0.05, 0.1) is 18.3 Å². The molecule has 0 aliphatic heterocycles. The Morgan fingerprint density at radius 3 is 2.83 bits per heavy atom. The summed E-state index contributed by atoms with van der Waals surface area (Å²) in [6.07, 6.45) is 1.41. The van der Waals surface area contributed by atoms with Crippen LogP contribution >= 0.6 is 0 Å². The first-order valence-corrected chi connectivity index (χ1v) is 7.41. The van der Waals surface area contributed by atoms with E-state index < -0.39 is 5.97 Å². The van der Waals surface area contributed by atoms with Crippen molar-refractivity contribution in [3.05, 3.63) is 47.2 Å². The summed E-state index contributed by atoms with van der Waals surface area (Å²) in [7, 11) is 0.